The van der Waals surface area contributed by atoms with Gasteiger partial charge in [0.05, 0.1) is 17.8 Å². The summed E-state index contributed by atoms with van der Waals surface area (Å²) in [4.78, 5) is 22.9. The molecule has 35 heavy (non-hydrogen) atoms. The highest BCUT2D eigenvalue weighted by molar-refractivity contribution is 5.90. The van der Waals surface area contributed by atoms with Crippen LogP contribution in [-0.4, -0.2) is 51.1 Å². The second-order valence-corrected chi connectivity index (χ2v) is 8.82. The molecule has 0 bridgehead atoms. The minimum absolute atomic E-state index is 0.114. The van der Waals surface area contributed by atoms with E-state index in [4.69, 9.17) is 14.0 Å². The van der Waals surface area contributed by atoms with E-state index in [-0.39, 0.29) is 12.2 Å². The zero-order valence-electron chi connectivity index (χ0n) is 20.0. The highest BCUT2D eigenvalue weighted by Crippen LogP contribution is 2.25. The number of fused-ring (bicyclic) bond motifs is 1. The summed E-state index contributed by atoms with van der Waals surface area (Å²) in [7, 11) is 0. The molecule has 0 radical (unpaired) electrons. The number of piperidine rings is 1. The molecule has 4 heterocycles. The quantitative estimate of drug-likeness (QED) is 0.426. The molecule has 1 aromatic carbocycles. The third-order valence-corrected chi connectivity index (χ3v) is 5.78. The summed E-state index contributed by atoms with van der Waals surface area (Å²) in [5.41, 5.74) is 1.66. The van der Waals surface area contributed by atoms with Gasteiger partial charge in [-0.1, -0.05) is 5.16 Å². The third-order valence-electron chi connectivity index (χ3n) is 5.78. The molecule has 0 aliphatic carbocycles. The number of hydrogen-bond donors (Lipinski definition) is 1. The topological polar surface area (TPSA) is 108 Å². The molecule has 0 atom stereocenters. The van der Waals surface area contributed by atoms with Gasteiger partial charge >= 0.3 is 12.1 Å². The number of aryl methyl sites for hydroxylation is 1. The van der Waals surface area contributed by atoms with Crippen molar-refractivity contribution in [3.8, 4) is 11.6 Å². The average Bonchev–Trinajstić information content (AvgIpc) is 3.45. The summed E-state index contributed by atoms with van der Waals surface area (Å²) in [5.74, 6) is 2.17. The molecule has 1 aliphatic heterocycles. The van der Waals surface area contributed by atoms with Gasteiger partial charge in [-0.2, -0.15) is 4.98 Å². The number of anilines is 2. The maximum absolute atomic E-state index is 11.9. The first kappa shape index (κ1) is 22.7. The number of amides is 1. The van der Waals surface area contributed by atoms with Crippen molar-refractivity contribution in [2.24, 2.45) is 0 Å². The summed E-state index contributed by atoms with van der Waals surface area (Å²) in [6.45, 7) is 7.05. The van der Waals surface area contributed by atoms with Crippen LogP contribution in [0.4, 0.5) is 16.5 Å². The lowest BCUT2D eigenvalue weighted by Crippen LogP contribution is -2.38. The first-order chi connectivity index (χ1) is 16.9. The lowest BCUT2D eigenvalue weighted by atomic mass is 10.1. The van der Waals surface area contributed by atoms with Crippen LogP contribution in [0.3, 0.4) is 0 Å². The van der Waals surface area contributed by atoms with Gasteiger partial charge in [0.15, 0.2) is 5.82 Å². The highest BCUT2D eigenvalue weighted by atomic mass is 16.6. The molecule has 1 saturated heterocycles. The van der Waals surface area contributed by atoms with Crippen molar-refractivity contribution in [3.63, 3.8) is 0 Å². The molecular formula is C25H28N6O4. The van der Waals surface area contributed by atoms with Gasteiger partial charge in [0.2, 0.25) is 0 Å². The molecule has 5 rings (SSSR count). The van der Waals surface area contributed by atoms with Crippen molar-refractivity contribution in [1.29, 1.82) is 0 Å². The number of rotatable bonds is 6. The van der Waals surface area contributed by atoms with Crippen molar-refractivity contribution < 1.29 is 18.8 Å². The number of nitrogens with one attached hydrogen (secondary N) is 1. The molecule has 3 aromatic heterocycles. The third kappa shape index (κ3) is 5.21. The SMILES string of the molecule is Cc1noc(N2CCC(Oc3ccc(-n4ccc5cc(NC(=O)OC(C)C)ccc54)nc3)CC2)n1. The lowest BCUT2D eigenvalue weighted by molar-refractivity contribution is 0.130. The summed E-state index contributed by atoms with van der Waals surface area (Å²) in [5, 5.41) is 7.60. The molecule has 10 nitrogen and oxygen atoms in total. The van der Waals surface area contributed by atoms with E-state index in [0.29, 0.717) is 17.5 Å². The Bertz CT molecular complexity index is 1310. The van der Waals surface area contributed by atoms with Gasteiger partial charge in [0.25, 0.3) is 0 Å². The maximum atomic E-state index is 11.9. The fourth-order valence-electron chi connectivity index (χ4n) is 4.14. The fraction of sp³-hybridized carbons (Fsp3) is 0.360. The first-order valence-electron chi connectivity index (χ1n) is 11.7. The second-order valence-electron chi connectivity index (χ2n) is 8.82. The summed E-state index contributed by atoms with van der Waals surface area (Å²) in [6.07, 6.45) is 4.92. The summed E-state index contributed by atoms with van der Waals surface area (Å²) >= 11 is 0. The Hall–Kier alpha value is -4.08. The van der Waals surface area contributed by atoms with Gasteiger partial charge in [-0.15, -0.1) is 0 Å². The Morgan fingerprint density at radius 2 is 2.00 bits per heavy atom. The Morgan fingerprint density at radius 3 is 2.69 bits per heavy atom. The van der Waals surface area contributed by atoms with Crippen LogP contribution in [0.5, 0.6) is 5.75 Å². The molecule has 1 amide bonds. The van der Waals surface area contributed by atoms with E-state index in [0.717, 1.165) is 48.4 Å². The summed E-state index contributed by atoms with van der Waals surface area (Å²) < 4.78 is 18.6. The molecule has 0 saturated carbocycles. The van der Waals surface area contributed by atoms with Gasteiger partial charge in [0, 0.05) is 43.2 Å². The van der Waals surface area contributed by atoms with E-state index in [2.05, 4.69) is 25.3 Å². The van der Waals surface area contributed by atoms with E-state index >= 15 is 0 Å². The molecule has 4 aromatic rings. The molecule has 1 fully saturated rings. The van der Waals surface area contributed by atoms with E-state index in [9.17, 15) is 4.79 Å². The van der Waals surface area contributed by atoms with Gasteiger partial charge < -0.3 is 23.5 Å². The van der Waals surface area contributed by atoms with Crippen LogP contribution in [0.25, 0.3) is 16.7 Å². The monoisotopic (exact) mass is 476 g/mol. The van der Waals surface area contributed by atoms with E-state index in [1.807, 2.05) is 67.9 Å². The smallest absolute Gasteiger partial charge is 0.411 e. The van der Waals surface area contributed by atoms with E-state index < -0.39 is 6.09 Å². The molecular weight excluding hydrogens is 448 g/mol. The zero-order chi connectivity index (χ0) is 24.4. The number of carbonyl (C=O) groups excluding carboxylic acids is 1. The number of aromatic nitrogens is 4. The van der Waals surface area contributed by atoms with Crippen molar-refractivity contribution >= 4 is 28.7 Å². The molecule has 1 N–H and O–H groups in total. The Balaban J connectivity index is 1.21. The summed E-state index contributed by atoms with van der Waals surface area (Å²) in [6, 6.07) is 12.2. The number of benzene rings is 1. The van der Waals surface area contributed by atoms with Crippen molar-refractivity contribution in [2.75, 3.05) is 23.3 Å². The normalized spacial score (nSPS) is 14.5. The number of hydrogen-bond acceptors (Lipinski definition) is 8. The lowest BCUT2D eigenvalue weighted by Gasteiger charge is -2.30. The van der Waals surface area contributed by atoms with Gasteiger partial charge in [-0.05, 0) is 57.2 Å². The van der Waals surface area contributed by atoms with E-state index in [1.54, 1.807) is 6.20 Å². The second kappa shape index (κ2) is 9.65. The average molecular weight is 477 g/mol. The minimum Gasteiger partial charge on any atom is -0.489 e. The van der Waals surface area contributed by atoms with Crippen LogP contribution in [0.2, 0.25) is 0 Å². The molecule has 10 heteroatoms. The van der Waals surface area contributed by atoms with Crippen LogP contribution in [0.15, 0.2) is 53.3 Å². The first-order valence-corrected chi connectivity index (χ1v) is 11.7. The minimum atomic E-state index is -0.466. The predicted molar refractivity (Wildman–Crippen MR) is 131 cm³/mol. The number of carbonyl (C=O) groups is 1. The largest absolute Gasteiger partial charge is 0.489 e. The molecule has 0 unspecified atom stereocenters. The Kier molecular flexibility index (Phi) is 6.26. The maximum Gasteiger partial charge on any atom is 0.411 e. The number of nitrogens with zero attached hydrogens (tertiary/aromatic N) is 5. The molecule has 0 spiro atoms. The van der Waals surface area contributed by atoms with Crippen molar-refractivity contribution in [3.05, 3.63) is 54.6 Å². The zero-order valence-corrected chi connectivity index (χ0v) is 20.0. The van der Waals surface area contributed by atoms with Crippen molar-refractivity contribution in [1.82, 2.24) is 19.7 Å². The van der Waals surface area contributed by atoms with Crippen molar-refractivity contribution in [2.45, 2.75) is 45.8 Å². The standard InChI is InChI=1S/C25H28N6O4/c1-16(2)33-25(32)28-19-4-6-22-18(14-19)8-13-31(22)23-7-5-21(15-26-23)34-20-9-11-30(12-10-20)24-27-17(3)29-35-24/h4-8,13-16,20H,9-12H2,1-3H3,(H,28,32). The number of ether oxygens (including phenoxy) is 2. The van der Waals surface area contributed by atoms with Crippen LogP contribution < -0.4 is 15.0 Å². The fourth-order valence-corrected chi connectivity index (χ4v) is 4.14. The van der Waals surface area contributed by atoms with E-state index in [1.165, 1.54) is 0 Å². The Morgan fingerprint density at radius 1 is 1.17 bits per heavy atom. The van der Waals surface area contributed by atoms with Gasteiger partial charge in [-0.3, -0.25) is 5.32 Å². The van der Waals surface area contributed by atoms with Crippen LogP contribution >= 0.6 is 0 Å². The predicted octanol–water partition coefficient (Wildman–Crippen LogP) is 4.72. The Labute approximate surface area is 202 Å². The molecule has 182 valence electrons. The van der Waals surface area contributed by atoms with Crippen LogP contribution in [0, 0.1) is 6.92 Å². The molecule has 1 aliphatic rings. The van der Waals surface area contributed by atoms with Crippen LogP contribution in [-0.2, 0) is 4.74 Å². The number of pyridine rings is 1. The van der Waals surface area contributed by atoms with Gasteiger partial charge in [-0.25, -0.2) is 9.78 Å². The highest BCUT2D eigenvalue weighted by Gasteiger charge is 2.24. The van der Waals surface area contributed by atoms with Crippen LogP contribution in [0.1, 0.15) is 32.5 Å². The van der Waals surface area contributed by atoms with Gasteiger partial charge in [0.1, 0.15) is 17.7 Å².